The first-order valence-electron chi connectivity index (χ1n) is 5.72. The third kappa shape index (κ3) is 3.08. The molecule has 0 spiro atoms. The third-order valence-electron chi connectivity index (χ3n) is 2.60. The summed E-state index contributed by atoms with van der Waals surface area (Å²) in [6.07, 6.45) is 0. The van der Waals surface area contributed by atoms with Crippen molar-refractivity contribution in [3.63, 3.8) is 0 Å². The maximum atomic E-state index is 12.2. The van der Waals surface area contributed by atoms with Gasteiger partial charge in [-0.25, -0.2) is 8.42 Å². The molecule has 0 aromatic heterocycles. The van der Waals surface area contributed by atoms with Crippen molar-refractivity contribution < 1.29 is 13.2 Å². The number of methoxy groups -OCH3 is 1. The van der Waals surface area contributed by atoms with Crippen LogP contribution >= 0.6 is 0 Å². The number of rotatable bonds is 4. The Morgan fingerprint density at radius 2 is 1.90 bits per heavy atom. The van der Waals surface area contributed by atoms with Crippen LogP contribution in [-0.2, 0) is 10.0 Å². The number of hydrogen-bond acceptors (Lipinski definition) is 4. The summed E-state index contributed by atoms with van der Waals surface area (Å²) in [6, 6.07) is 14.4. The summed E-state index contributed by atoms with van der Waals surface area (Å²) in [5, 5.41) is 8.80. The number of nitrogens with one attached hydrogen (secondary N) is 1. The number of nitriles is 1. The van der Waals surface area contributed by atoms with E-state index in [4.69, 9.17) is 10.00 Å². The summed E-state index contributed by atoms with van der Waals surface area (Å²) in [7, 11) is -2.24. The Morgan fingerprint density at radius 3 is 2.60 bits per heavy atom. The molecule has 0 unspecified atom stereocenters. The summed E-state index contributed by atoms with van der Waals surface area (Å²) in [4.78, 5) is 0.0965. The molecule has 0 fully saturated rings. The van der Waals surface area contributed by atoms with Crippen LogP contribution in [0.25, 0.3) is 0 Å². The minimum Gasteiger partial charge on any atom is -0.497 e. The van der Waals surface area contributed by atoms with Gasteiger partial charge in [0, 0.05) is 6.07 Å². The van der Waals surface area contributed by atoms with Crippen LogP contribution < -0.4 is 9.46 Å². The predicted octanol–water partition coefficient (Wildman–Crippen LogP) is 2.37. The molecule has 0 aliphatic rings. The van der Waals surface area contributed by atoms with Crippen molar-refractivity contribution in [1.82, 2.24) is 0 Å². The minimum atomic E-state index is -3.71. The van der Waals surface area contributed by atoms with E-state index >= 15 is 0 Å². The van der Waals surface area contributed by atoms with E-state index in [2.05, 4.69) is 4.72 Å². The highest BCUT2D eigenvalue weighted by molar-refractivity contribution is 7.92. The molecule has 6 heteroatoms. The Kier molecular flexibility index (Phi) is 3.91. The monoisotopic (exact) mass is 288 g/mol. The molecule has 2 aromatic rings. The topological polar surface area (TPSA) is 79.2 Å². The van der Waals surface area contributed by atoms with Gasteiger partial charge in [0.05, 0.1) is 29.3 Å². The van der Waals surface area contributed by atoms with E-state index < -0.39 is 10.0 Å². The molecule has 1 N–H and O–H groups in total. The number of nitrogens with zero attached hydrogens (tertiary/aromatic N) is 1. The van der Waals surface area contributed by atoms with E-state index in [1.807, 2.05) is 6.07 Å². The van der Waals surface area contributed by atoms with Crippen LogP contribution in [0.3, 0.4) is 0 Å². The van der Waals surface area contributed by atoms with Crippen molar-refractivity contribution >= 4 is 15.7 Å². The molecule has 2 aromatic carbocycles. The number of ether oxygens (including phenoxy) is 1. The third-order valence-corrected chi connectivity index (χ3v) is 3.97. The van der Waals surface area contributed by atoms with Crippen molar-refractivity contribution in [2.75, 3.05) is 11.8 Å². The Balaban J connectivity index is 2.33. The zero-order valence-electron chi connectivity index (χ0n) is 10.7. The minimum absolute atomic E-state index is 0.0965. The van der Waals surface area contributed by atoms with E-state index in [1.54, 1.807) is 30.3 Å². The number of anilines is 1. The molecule has 0 atom stereocenters. The lowest BCUT2D eigenvalue weighted by Crippen LogP contribution is -2.13. The standard InChI is InChI=1S/C14H12N2O3S/c1-19-13-6-3-7-14(9-13)20(17,18)16-12-5-2-4-11(8-12)10-15/h2-9,16H,1H3. The maximum Gasteiger partial charge on any atom is 0.262 e. The average Bonchev–Trinajstić information content (AvgIpc) is 2.47. The van der Waals surface area contributed by atoms with Gasteiger partial charge < -0.3 is 4.74 Å². The van der Waals surface area contributed by atoms with Crippen LogP contribution in [0.1, 0.15) is 5.56 Å². The van der Waals surface area contributed by atoms with Gasteiger partial charge in [0.1, 0.15) is 5.75 Å². The summed E-state index contributed by atoms with van der Waals surface area (Å²) < 4.78 is 31.9. The summed E-state index contributed by atoms with van der Waals surface area (Å²) in [5.41, 5.74) is 0.725. The Hall–Kier alpha value is -2.52. The molecule has 0 radical (unpaired) electrons. The van der Waals surface area contributed by atoms with Crippen LogP contribution in [0.2, 0.25) is 0 Å². The van der Waals surface area contributed by atoms with Gasteiger partial charge >= 0.3 is 0 Å². The first-order chi connectivity index (χ1) is 9.55. The first kappa shape index (κ1) is 13.9. The largest absolute Gasteiger partial charge is 0.497 e. The van der Waals surface area contributed by atoms with E-state index in [-0.39, 0.29) is 4.90 Å². The molecule has 5 nitrogen and oxygen atoms in total. The lowest BCUT2D eigenvalue weighted by Gasteiger charge is -2.09. The second kappa shape index (κ2) is 5.63. The van der Waals surface area contributed by atoms with E-state index in [0.29, 0.717) is 17.0 Å². The first-order valence-corrected chi connectivity index (χ1v) is 7.20. The normalized spacial score (nSPS) is 10.6. The van der Waals surface area contributed by atoms with Gasteiger partial charge in [0.2, 0.25) is 0 Å². The van der Waals surface area contributed by atoms with Gasteiger partial charge in [-0.15, -0.1) is 0 Å². The highest BCUT2D eigenvalue weighted by atomic mass is 32.2. The fraction of sp³-hybridized carbons (Fsp3) is 0.0714. The van der Waals surface area contributed by atoms with Crippen LogP contribution in [0.15, 0.2) is 53.4 Å². The van der Waals surface area contributed by atoms with E-state index in [1.165, 1.54) is 25.3 Å². The van der Waals surface area contributed by atoms with Crippen LogP contribution in [0, 0.1) is 11.3 Å². The summed E-state index contributed by atoms with van der Waals surface area (Å²) >= 11 is 0. The predicted molar refractivity (Wildman–Crippen MR) is 75.0 cm³/mol. The number of hydrogen-bond donors (Lipinski definition) is 1. The Labute approximate surface area is 117 Å². The van der Waals surface area contributed by atoms with E-state index in [0.717, 1.165) is 0 Å². The fourth-order valence-electron chi connectivity index (χ4n) is 1.63. The smallest absolute Gasteiger partial charge is 0.262 e. The molecule has 0 amide bonds. The Bertz CT molecular complexity index is 764. The quantitative estimate of drug-likeness (QED) is 0.936. The Morgan fingerprint density at radius 1 is 1.15 bits per heavy atom. The zero-order valence-corrected chi connectivity index (χ0v) is 11.5. The second-order valence-electron chi connectivity index (χ2n) is 3.98. The molecular weight excluding hydrogens is 276 g/mol. The van der Waals surface area contributed by atoms with E-state index in [9.17, 15) is 8.42 Å². The van der Waals surface area contributed by atoms with Crippen LogP contribution in [-0.4, -0.2) is 15.5 Å². The molecule has 102 valence electrons. The molecule has 20 heavy (non-hydrogen) atoms. The van der Waals surface area contributed by atoms with Gasteiger partial charge in [-0.1, -0.05) is 12.1 Å². The van der Waals surface area contributed by atoms with Crippen molar-refractivity contribution in [2.45, 2.75) is 4.90 Å². The highest BCUT2D eigenvalue weighted by Gasteiger charge is 2.15. The molecule has 0 aliphatic carbocycles. The average molecular weight is 288 g/mol. The zero-order chi connectivity index (χ0) is 14.6. The van der Waals surface area contributed by atoms with Crippen LogP contribution in [0.4, 0.5) is 5.69 Å². The van der Waals surface area contributed by atoms with Gasteiger partial charge in [0.15, 0.2) is 0 Å². The molecule has 0 heterocycles. The van der Waals surface area contributed by atoms with Crippen molar-refractivity contribution in [2.24, 2.45) is 0 Å². The second-order valence-corrected chi connectivity index (χ2v) is 5.66. The summed E-state index contributed by atoms with van der Waals surface area (Å²) in [6.45, 7) is 0. The number of benzene rings is 2. The van der Waals surface area contributed by atoms with Gasteiger partial charge in [-0.2, -0.15) is 5.26 Å². The lowest BCUT2D eigenvalue weighted by atomic mass is 10.2. The van der Waals surface area contributed by atoms with Crippen molar-refractivity contribution in [1.29, 1.82) is 5.26 Å². The van der Waals surface area contributed by atoms with Crippen molar-refractivity contribution in [3.05, 3.63) is 54.1 Å². The molecule has 0 bridgehead atoms. The fourth-order valence-corrected chi connectivity index (χ4v) is 2.72. The number of sulfonamides is 1. The van der Waals surface area contributed by atoms with Gasteiger partial charge in [-0.05, 0) is 30.3 Å². The molecule has 0 saturated carbocycles. The molecule has 0 aliphatic heterocycles. The lowest BCUT2D eigenvalue weighted by molar-refractivity contribution is 0.413. The van der Waals surface area contributed by atoms with Crippen LogP contribution in [0.5, 0.6) is 5.75 Å². The van der Waals surface area contributed by atoms with Crippen molar-refractivity contribution in [3.8, 4) is 11.8 Å². The maximum absolute atomic E-state index is 12.2. The van der Waals surface area contributed by atoms with Gasteiger partial charge in [-0.3, -0.25) is 4.72 Å². The molecule has 2 rings (SSSR count). The molecule has 0 saturated heterocycles. The SMILES string of the molecule is COc1cccc(S(=O)(=O)Nc2cccc(C#N)c2)c1. The summed E-state index contributed by atoms with van der Waals surface area (Å²) in [5.74, 6) is 0.457. The highest BCUT2D eigenvalue weighted by Crippen LogP contribution is 2.20. The molecular formula is C14H12N2O3S. The van der Waals surface area contributed by atoms with Gasteiger partial charge in [0.25, 0.3) is 10.0 Å².